The number of ether oxygens (including phenoxy) is 2. The number of benzene rings is 4. The highest BCUT2D eigenvalue weighted by atomic mass is 16.6. The van der Waals surface area contributed by atoms with Crippen molar-refractivity contribution in [2.24, 2.45) is 0 Å². The van der Waals surface area contributed by atoms with Crippen molar-refractivity contribution in [3.8, 4) is 11.5 Å². The van der Waals surface area contributed by atoms with E-state index in [1.807, 2.05) is 36.4 Å². The van der Waals surface area contributed by atoms with Crippen LogP contribution in [-0.4, -0.2) is 36.3 Å². The molecule has 6 heteroatoms. The molecule has 0 saturated heterocycles. The predicted octanol–water partition coefficient (Wildman–Crippen LogP) is 5.61. The number of esters is 1. The number of rotatable bonds is 7. The van der Waals surface area contributed by atoms with Crippen LogP contribution in [0.1, 0.15) is 38.3 Å². The second-order valence-corrected chi connectivity index (χ2v) is 8.34. The van der Waals surface area contributed by atoms with Gasteiger partial charge in [-0.3, -0.25) is 19.3 Å². The third-order valence-electron chi connectivity index (χ3n) is 6.11. The van der Waals surface area contributed by atoms with Gasteiger partial charge in [0.1, 0.15) is 0 Å². The van der Waals surface area contributed by atoms with Crippen LogP contribution in [-0.2, 0) is 4.79 Å². The maximum Gasteiger partial charge on any atom is 0.313 e. The van der Waals surface area contributed by atoms with Crippen molar-refractivity contribution in [3.63, 3.8) is 0 Å². The summed E-state index contributed by atoms with van der Waals surface area (Å²) in [4.78, 5) is 38.5. The maximum absolute atomic E-state index is 12.5. The summed E-state index contributed by atoms with van der Waals surface area (Å²) >= 11 is 0. The van der Waals surface area contributed by atoms with Gasteiger partial charge in [0.15, 0.2) is 11.5 Å². The molecule has 5 rings (SSSR count). The Morgan fingerprint density at radius 1 is 0.806 bits per heavy atom. The van der Waals surface area contributed by atoms with E-state index in [4.69, 9.17) is 9.47 Å². The molecular weight excluding hydrogens is 454 g/mol. The summed E-state index contributed by atoms with van der Waals surface area (Å²) < 4.78 is 10.9. The molecule has 36 heavy (non-hydrogen) atoms. The highest BCUT2D eigenvalue weighted by Crippen LogP contribution is 2.30. The van der Waals surface area contributed by atoms with Gasteiger partial charge >= 0.3 is 5.97 Å². The molecule has 1 aliphatic rings. The number of imide groups is 1. The molecule has 0 N–H and O–H groups in total. The van der Waals surface area contributed by atoms with Crippen LogP contribution in [0.5, 0.6) is 11.5 Å². The number of hydrogen-bond acceptors (Lipinski definition) is 5. The summed E-state index contributed by atoms with van der Waals surface area (Å²) in [6.07, 6.45) is 3.88. The van der Waals surface area contributed by atoms with E-state index in [9.17, 15) is 14.4 Å². The highest BCUT2D eigenvalue weighted by molar-refractivity contribution is 6.21. The van der Waals surface area contributed by atoms with Gasteiger partial charge in [0.05, 0.1) is 24.7 Å². The third kappa shape index (κ3) is 4.49. The Hall–Kier alpha value is -4.71. The lowest BCUT2D eigenvalue weighted by Gasteiger charge is -2.14. The zero-order valence-electron chi connectivity index (χ0n) is 19.6. The molecule has 1 heterocycles. The Labute approximate surface area is 208 Å². The molecule has 0 radical (unpaired) electrons. The largest absolute Gasteiger partial charge is 0.493 e. The summed E-state index contributed by atoms with van der Waals surface area (Å²) in [5.41, 5.74) is 2.68. The number of nitrogens with zero attached hydrogens (tertiary/aromatic N) is 1. The first kappa shape index (κ1) is 23.1. The number of hydrogen-bond donors (Lipinski definition) is 0. The topological polar surface area (TPSA) is 72.9 Å². The van der Waals surface area contributed by atoms with Gasteiger partial charge in [0.25, 0.3) is 11.8 Å². The van der Waals surface area contributed by atoms with Gasteiger partial charge in [-0.1, -0.05) is 72.8 Å². The molecule has 2 amide bonds. The van der Waals surface area contributed by atoms with Crippen molar-refractivity contribution < 1.29 is 23.9 Å². The average molecular weight is 478 g/mol. The molecule has 4 aromatic rings. The molecule has 0 atom stereocenters. The van der Waals surface area contributed by atoms with E-state index >= 15 is 0 Å². The number of fused-ring (bicyclic) bond motifs is 2. The van der Waals surface area contributed by atoms with Crippen LogP contribution in [0.2, 0.25) is 0 Å². The predicted molar refractivity (Wildman–Crippen MR) is 138 cm³/mol. The number of carbonyl (C=O) groups is 3. The molecule has 6 nitrogen and oxygen atoms in total. The van der Waals surface area contributed by atoms with Crippen LogP contribution in [0.4, 0.5) is 0 Å². The fraction of sp³-hybridized carbons (Fsp3) is 0.100. The first-order valence-electron chi connectivity index (χ1n) is 11.5. The van der Waals surface area contributed by atoms with E-state index in [1.165, 1.54) is 12.5 Å². The SMILES string of the molecule is COc1cc(C=Cc2cccc3ccccc23)ccc1OC(=O)CCN1C(=O)c2ccccc2C1=O. The van der Waals surface area contributed by atoms with Crippen LogP contribution in [0.25, 0.3) is 22.9 Å². The Morgan fingerprint density at radius 2 is 1.50 bits per heavy atom. The van der Waals surface area contributed by atoms with E-state index in [1.54, 1.807) is 36.4 Å². The zero-order chi connectivity index (χ0) is 25.1. The third-order valence-corrected chi connectivity index (χ3v) is 6.11. The smallest absolute Gasteiger partial charge is 0.313 e. The molecule has 0 bridgehead atoms. The number of carbonyl (C=O) groups excluding carboxylic acids is 3. The summed E-state index contributed by atoms with van der Waals surface area (Å²) in [7, 11) is 1.50. The lowest BCUT2D eigenvalue weighted by molar-refractivity contribution is -0.134. The van der Waals surface area contributed by atoms with Crippen molar-refractivity contribution in [1.29, 1.82) is 0 Å². The van der Waals surface area contributed by atoms with Gasteiger partial charge < -0.3 is 9.47 Å². The lowest BCUT2D eigenvalue weighted by Crippen LogP contribution is -2.32. The molecule has 4 aromatic carbocycles. The molecule has 0 unspecified atom stereocenters. The van der Waals surface area contributed by atoms with E-state index in [2.05, 4.69) is 24.3 Å². The number of methoxy groups -OCH3 is 1. The Balaban J connectivity index is 1.25. The molecule has 1 aliphatic heterocycles. The first-order valence-corrected chi connectivity index (χ1v) is 11.5. The van der Waals surface area contributed by atoms with Crippen molar-refractivity contribution >= 4 is 40.7 Å². The monoisotopic (exact) mass is 477 g/mol. The van der Waals surface area contributed by atoms with Gasteiger partial charge in [-0.05, 0) is 46.2 Å². The average Bonchev–Trinajstić information content (AvgIpc) is 3.16. The minimum Gasteiger partial charge on any atom is -0.493 e. The van der Waals surface area contributed by atoms with Gasteiger partial charge in [-0.15, -0.1) is 0 Å². The van der Waals surface area contributed by atoms with Crippen molar-refractivity contribution in [3.05, 3.63) is 107 Å². The van der Waals surface area contributed by atoms with Crippen LogP contribution in [0.15, 0.2) is 84.9 Å². The Bertz CT molecular complexity index is 1480. The molecule has 0 aromatic heterocycles. The van der Waals surface area contributed by atoms with E-state index < -0.39 is 17.8 Å². The van der Waals surface area contributed by atoms with Crippen LogP contribution in [0, 0.1) is 0 Å². The standard InChI is InChI=1S/C30H23NO5/c1-35-27-19-20(13-15-22-9-6-8-21-7-2-3-10-23(21)22)14-16-26(27)36-28(32)17-18-31-29(33)24-11-4-5-12-25(24)30(31)34/h2-16,19H,17-18H2,1H3. The quantitative estimate of drug-likeness (QED) is 0.150. The minimum absolute atomic E-state index is 0.0562. The van der Waals surface area contributed by atoms with Crippen LogP contribution < -0.4 is 9.47 Å². The van der Waals surface area contributed by atoms with Gasteiger partial charge in [-0.25, -0.2) is 0 Å². The van der Waals surface area contributed by atoms with Crippen molar-refractivity contribution in [2.75, 3.05) is 13.7 Å². The number of amides is 2. The fourth-order valence-corrected chi connectivity index (χ4v) is 4.27. The van der Waals surface area contributed by atoms with Gasteiger partial charge in [0.2, 0.25) is 0 Å². The normalized spacial score (nSPS) is 12.9. The zero-order valence-corrected chi connectivity index (χ0v) is 19.6. The summed E-state index contributed by atoms with van der Waals surface area (Å²) in [6.45, 7) is -0.0562. The Morgan fingerprint density at radius 3 is 2.25 bits per heavy atom. The Kier molecular flexibility index (Phi) is 6.33. The molecule has 0 fully saturated rings. The molecule has 0 aliphatic carbocycles. The van der Waals surface area contributed by atoms with E-state index in [-0.39, 0.29) is 18.7 Å². The molecular formula is C30H23NO5. The van der Waals surface area contributed by atoms with Crippen LogP contribution in [0.3, 0.4) is 0 Å². The van der Waals surface area contributed by atoms with Crippen LogP contribution >= 0.6 is 0 Å². The highest BCUT2D eigenvalue weighted by Gasteiger charge is 2.35. The van der Waals surface area contributed by atoms with Crippen molar-refractivity contribution in [1.82, 2.24) is 4.90 Å². The second-order valence-electron chi connectivity index (χ2n) is 8.34. The van der Waals surface area contributed by atoms with Gasteiger partial charge in [0, 0.05) is 6.54 Å². The van der Waals surface area contributed by atoms with E-state index in [0.29, 0.717) is 16.9 Å². The maximum atomic E-state index is 12.5. The lowest BCUT2D eigenvalue weighted by atomic mass is 10.0. The van der Waals surface area contributed by atoms with E-state index in [0.717, 1.165) is 21.4 Å². The fourth-order valence-electron chi connectivity index (χ4n) is 4.27. The minimum atomic E-state index is -0.566. The van der Waals surface area contributed by atoms with Gasteiger partial charge in [-0.2, -0.15) is 0 Å². The summed E-state index contributed by atoms with van der Waals surface area (Å²) in [6, 6.07) is 26.2. The second kappa shape index (κ2) is 9.88. The molecule has 178 valence electrons. The van der Waals surface area contributed by atoms with Crippen molar-refractivity contribution in [2.45, 2.75) is 6.42 Å². The first-order chi connectivity index (χ1) is 17.5. The molecule has 0 saturated carbocycles. The summed E-state index contributed by atoms with van der Waals surface area (Å²) in [5, 5.41) is 2.33. The molecule has 0 spiro atoms. The summed E-state index contributed by atoms with van der Waals surface area (Å²) in [5.74, 6) is -0.688.